The van der Waals surface area contributed by atoms with Gasteiger partial charge in [0.25, 0.3) is 0 Å². The van der Waals surface area contributed by atoms with Crippen molar-refractivity contribution in [1.29, 1.82) is 0 Å². The Balaban J connectivity index is 1.55. The molecule has 0 N–H and O–H groups in total. The molecular formula is C29H33N3O2. The summed E-state index contributed by atoms with van der Waals surface area (Å²) < 4.78 is 2.17. The first-order valence-corrected chi connectivity index (χ1v) is 12.2. The van der Waals surface area contributed by atoms with E-state index in [4.69, 9.17) is 0 Å². The highest BCUT2D eigenvalue weighted by Crippen LogP contribution is 2.42. The van der Waals surface area contributed by atoms with Crippen molar-refractivity contribution in [3.8, 4) is 5.69 Å². The van der Waals surface area contributed by atoms with E-state index in [2.05, 4.69) is 68.8 Å². The molecule has 176 valence electrons. The number of hydrogen-bond acceptors (Lipinski definition) is 2. The summed E-state index contributed by atoms with van der Waals surface area (Å²) in [6.07, 6.45) is 4.45. The first-order valence-electron chi connectivity index (χ1n) is 12.2. The number of carbonyl (C=O) groups excluding carboxylic acids is 2. The van der Waals surface area contributed by atoms with Crippen LogP contribution in [-0.4, -0.2) is 33.9 Å². The van der Waals surface area contributed by atoms with Crippen LogP contribution in [-0.2, 0) is 9.59 Å². The number of nitrogens with zero attached hydrogens (tertiary/aromatic N) is 3. The minimum atomic E-state index is -0.253. The molecule has 1 aliphatic carbocycles. The van der Waals surface area contributed by atoms with Gasteiger partial charge in [0.1, 0.15) is 12.6 Å². The highest BCUT2D eigenvalue weighted by Gasteiger charge is 2.40. The first-order chi connectivity index (χ1) is 16.2. The fourth-order valence-corrected chi connectivity index (χ4v) is 4.91. The highest BCUT2D eigenvalue weighted by molar-refractivity contribution is 6.00. The van der Waals surface area contributed by atoms with Crippen LogP contribution in [0.1, 0.15) is 62.9 Å². The zero-order valence-electron chi connectivity index (χ0n) is 20.5. The summed E-state index contributed by atoms with van der Waals surface area (Å²) in [6.45, 7) is 8.39. The average Bonchev–Trinajstić information content (AvgIpc) is 3.51. The zero-order valence-corrected chi connectivity index (χ0v) is 20.5. The fraction of sp³-hybridized carbons (Fsp3) is 0.379. The van der Waals surface area contributed by atoms with Crippen LogP contribution in [0.4, 0.5) is 5.69 Å². The van der Waals surface area contributed by atoms with Gasteiger partial charge in [0.15, 0.2) is 0 Å². The van der Waals surface area contributed by atoms with Crippen LogP contribution in [0.5, 0.6) is 0 Å². The average molecular weight is 456 g/mol. The van der Waals surface area contributed by atoms with Crippen molar-refractivity contribution in [2.75, 3.05) is 11.4 Å². The van der Waals surface area contributed by atoms with Crippen molar-refractivity contribution in [3.05, 3.63) is 83.7 Å². The van der Waals surface area contributed by atoms with Gasteiger partial charge in [0, 0.05) is 18.7 Å². The fourth-order valence-electron chi connectivity index (χ4n) is 4.91. The number of hydrogen-bond donors (Lipinski definition) is 0. The lowest BCUT2D eigenvalue weighted by atomic mass is 9.91. The van der Waals surface area contributed by atoms with E-state index in [1.54, 1.807) is 0 Å². The van der Waals surface area contributed by atoms with Crippen molar-refractivity contribution < 1.29 is 9.59 Å². The van der Waals surface area contributed by atoms with Crippen LogP contribution in [0.25, 0.3) is 5.69 Å². The molecule has 5 heteroatoms. The van der Waals surface area contributed by atoms with Gasteiger partial charge in [-0.15, -0.1) is 0 Å². The molecule has 2 heterocycles. The van der Waals surface area contributed by atoms with Gasteiger partial charge in [0.2, 0.25) is 11.8 Å². The Morgan fingerprint density at radius 3 is 2.26 bits per heavy atom. The monoisotopic (exact) mass is 455 g/mol. The minimum absolute atomic E-state index is 0.0420. The van der Waals surface area contributed by atoms with Crippen LogP contribution in [0.15, 0.2) is 66.9 Å². The Morgan fingerprint density at radius 1 is 0.941 bits per heavy atom. The van der Waals surface area contributed by atoms with E-state index in [0.717, 1.165) is 35.5 Å². The maximum absolute atomic E-state index is 14.1. The van der Waals surface area contributed by atoms with Gasteiger partial charge in [-0.3, -0.25) is 14.5 Å². The van der Waals surface area contributed by atoms with Crippen molar-refractivity contribution in [3.63, 3.8) is 0 Å². The maximum Gasteiger partial charge on any atom is 0.247 e. The minimum Gasteiger partial charge on any atom is -0.330 e. The van der Waals surface area contributed by atoms with Gasteiger partial charge in [0.05, 0.1) is 17.1 Å². The number of aryl methyl sites for hydroxylation is 1. The van der Waals surface area contributed by atoms with Crippen LogP contribution in [0.3, 0.4) is 0 Å². The van der Waals surface area contributed by atoms with E-state index >= 15 is 0 Å². The molecule has 1 aliphatic heterocycles. The predicted octanol–water partition coefficient (Wildman–Crippen LogP) is 5.65. The number of para-hydroxylation sites is 2. The quantitative estimate of drug-likeness (QED) is 0.499. The second-order valence-electron chi connectivity index (χ2n) is 10.9. The molecule has 0 bridgehead atoms. The van der Waals surface area contributed by atoms with Crippen LogP contribution in [0.2, 0.25) is 0 Å². The molecule has 2 aliphatic rings. The zero-order chi connectivity index (χ0) is 24.0. The Kier molecular flexibility index (Phi) is 5.59. The normalized spacial score (nSPS) is 17.2. The largest absolute Gasteiger partial charge is 0.330 e. The van der Waals surface area contributed by atoms with Gasteiger partial charge in [-0.05, 0) is 55.0 Å². The van der Waals surface area contributed by atoms with Crippen LogP contribution in [0, 0.1) is 12.3 Å². The second-order valence-corrected chi connectivity index (χ2v) is 10.9. The second kappa shape index (κ2) is 8.46. The van der Waals surface area contributed by atoms with Crippen molar-refractivity contribution in [1.82, 2.24) is 9.47 Å². The summed E-state index contributed by atoms with van der Waals surface area (Å²) in [5, 5.41) is 0. The predicted molar refractivity (Wildman–Crippen MR) is 135 cm³/mol. The molecule has 1 aromatic heterocycles. The van der Waals surface area contributed by atoms with Gasteiger partial charge in [-0.2, -0.15) is 0 Å². The summed E-state index contributed by atoms with van der Waals surface area (Å²) in [7, 11) is 0. The SMILES string of the molecule is Cc1ccc(C2c3cccn3-c3ccccc3N2C(=O)CN(C(=O)CC(C)(C)C)C2CC2)cc1. The molecule has 0 saturated heterocycles. The number of amides is 2. The van der Waals surface area contributed by atoms with Crippen molar-refractivity contribution >= 4 is 17.5 Å². The molecule has 5 nitrogen and oxygen atoms in total. The first kappa shape index (κ1) is 22.5. The maximum atomic E-state index is 14.1. The third-order valence-electron chi connectivity index (χ3n) is 6.68. The van der Waals surface area contributed by atoms with E-state index in [9.17, 15) is 9.59 Å². The standard InChI is InChI=1S/C29H33N3O2/c1-20-11-13-21(14-12-20)28-25-10-7-17-30(25)23-8-5-6-9-24(23)32(28)27(34)19-31(22-15-16-22)26(33)18-29(2,3)4/h5-14,17,22,28H,15-16,18-19H2,1-4H3. The van der Waals surface area contributed by atoms with Gasteiger partial charge >= 0.3 is 0 Å². The molecule has 0 spiro atoms. The van der Waals surface area contributed by atoms with Crippen LogP contribution >= 0.6 is 0 Å². The smallest absolute Gasteiger partial charge is 0.247 e. The lowest BCUT2D eigenvalue weighted by Gasteiger charge is -2.39. The van der Waals surface area contributed by atoms with E-state index < -0.39 is 0 Å². The summed E-state index contributed by atoms with van der Waals surface area (Å²) in [5.74, 6) is 0.0311. The Bertz CT molecular complexity index is 1210. The van der Waals surface area contributed by atoms with E-state index in [0.29, 0.717) is 6.42 Å². The van der Waals surface area contributed by atoms with E-state index in [-0.39, 0.29) is 35.9 Å². The molecule has 5 rings (SSSR count). The summed E-state index contributed by atoms with van der Waals surface area (Å²) in [4.78, 5) is 31.0. The number of fused-ring (bicyclic) bond motifs is 3. The number of rotatable bonds is 5. The van der Waals surface area contributed by atoms with Gasteiger partial charge in [-0.25, -0.2) is 0 Å². The highest BCUT2D eigenvalue weighted by atomic mass is 16.2. The van der Waals surface area contributed by atoms with Gasteiger partial charge < -0.3 is 9.47 Å². The number of anilines is 1. The molecule has 1 saturated carbocycles. The van der Waals surface area contributed by atoms with E-state index in [1.807, 2.05) is 40.1 Å². The van der Waals surface area contributed by atoms with Gasteiger partial charge in [-0.1, -0.05) is 62.7 Å². The molecule has 3 aromatic rings. The third-order valence-corrected chi connectivity index (χ3v) is 6.68. The molecule has 1 atom stereocenters. The van der Waals surface area contributed by atoms with Crippen molar-refractivity contribution in [2.45, 2.75) is 59.0 Å². The Labute approximate surface area is 202 Å². The third kappa shape index (κ3) is 4.27. The molecule has 1 fully saturated rings. The topological polar surface area (TPSA) is 45.6 Å². The molecule has 0 radical (unpaired) electrons. The lowest BCUT2D eigenvalue weighted by molar-refractivity contribution is -0.137. The van der Waals surface area contributed by atoms with E-state index in [1.165, 1.54) is 5.56 Å². The summed E-state index contributed by atoms with van der Waals surface area (Å²) in [6, 6.07) is 20.5. The summed E-state index contributed by atoms with van der Waals surface area (Å²) >= 11 is 0. The Hall–Kier alpha value is -3.34. The lowest BCUT2D eigenvalue weighted by Crippen LogP contribution is -2.47. The molecular weight excluding hydrogens is 422 g/mol. The molecule has 2 aromatic carbocycles. The number of benzene rings is 2. The van der Waals surface area contributed by atoms with Crippen LogP contribution < -0.4 is 4.90 Å². The molecule has 34 heavy (non-hydrogen) atoms. The summed E-state index contributed by atoms with van der Waals surface area (Å²) in [5.41, 5.74) is 5.04. The Morgan fingerprint density at radius 2 is 1.62 bits per heavy atom. The molecule has 1 unspecified atom stereocenters. The van der Waals surface area contributed by atoms with Crippen molar-refractivity contribution in [2.24, 2.45) is 5.41 Å². The number of carbonyl (C=O) groups is 2. The number of aromatic nitrogens is 1. The molecule has 2 amide bonds.